The summed E-state index contributed by atoms with van der Waals surface area (Å²) >= 11 is 0. The summed E-state index contributed by atoms with van der Waals surface area (Å²) in [4.78, 5) is 15.0. The molecule has 0 saturated carbocycles. The summed E-state index contributed by atoms with van der Waals surface area (Å²) < 4.78 is 1.66. The summed E-state index contributed by atoms with van der Waals surface area (Å²) in [5, 5.41) is 5.05. The molecule has 0 aliphatic heterocycles. The van der Waals surface area contributed by atoms with E-state index in [0.717, 1.165) is 5.56 Å². The average Bonchev–Trinajstić information content (AvgIpc) is 2.83. The van der Waals surface area contributed by atoms with Gasteiger partial charge in [0.05, 0.1) is 0 Å². The summed E-state index contributed by atoms with van der Waals surface area (Å²) in [5.74, 6) is 1.44. The van der Waals surface area contributed by atoms with E-state index in [4.69, 9.17) is 5.73 Å². The summed E-state index contributed by atoms with van der Waals surface area (Å²) in [6.07, 6.45) is 1.75. The van der Waals surface area contributed by atoms with E-state index in [1.165, 1.54) is 0 Å². The number of aryl methyl sites for hydroxylation is 1. The van der Waals surface area contributed by atoms with E-state index in [0.29, 0.717) is 28.6 Å². The van der Waals surface area contributed by atoms with E-state index < -0.39 is 0 Å². The molecule has 112 valence electrons. The van der Waals surface area contributed by atoms with Gasteiger partial charge in [0.15, 0.2) is 11.5 Å². The van der Waals surface area contributed by atoms with Crippen molar-refractivity contribution in [2.75, 3.05) is 24.7 Å². The van der Waals surface area contributed by atoms with E-state index in [1.807, 2.05) is 51.5 Å². The number of nitrogen functional groups attached to an aromatic ring is 1. The zero-order chi connectivity index (χ0) is 15.7. The molecule has 1 aromatic carbocycles. The number of anilines is 2. The molecule has 0 aliphatic carbocycles. The summed E-state index contributed by atoms with van der Waals surface area (Å²) in [6.45, 7) is 0. The number of nitrogens with two attached hydrogens (primary N) is 1. The smallest absolute Gasteiger partial charge is 0.228 e. The van der Waals surface area contributed by atoms with Crippen LogP contribution in [0.15, 0.2) is 35.3 Å². The largest absolute Gasteiger partial charge is 0.383 e. The first kappa shape index (κ1) is 14.0. The third-order valence-electron chi connectivity index (χ3n) is 3.22. The number of rotatable bonds is 3. The Hall–Kier alpha value is -2.96. The van der Waals surface area contributed by atoms with E-state index in [-0.39, 0.29) is 0 Å². The predicted octanol–water partition coefficient (Wildman–Crippen LogP) is 1.76. The highest BCUT2D eigenvalue weighted by Crippen LogP contribution is 2.29. The molecule has 2 heterocycles. The van der Waals surface area contributed by atoms with Crippen molar-refractivity contribution < 1.29 is 0 Å². The average molecular weight is 295 g/mol. The molecule has 2 aromatic heterocycles. The number of hydrogen-bond acceptors (Lipinski definition) is 6. The van der Waals surface area contributed by atoms with Crippen LogP contribution >= 0.6 is 0 Å². The fraction of sp³-hybridized carbons (Fsp3) is 0.200. The molecule has 0 amide bonds. The standard InChI is InChI=1S/C15H17N7/c1-21(2)15-18-12(16)11-13(20-22(3)14(11)19-15)17-9-10-7-5-4-6-8-10/h4-9H,1-3H3,(H2,16,18,19). The highest BCUT2D eigenvalue weighted by atomic mass is 15.3. The molecule has 0 unspecified atom stereocenters. The monoisotopic (exact) mass is 295 g/mol. The molecule has 0 saturated heterocycles. The van der Waals surface area contributed by atoms with Crippen molar-refractivity contribution in [3.63, 3.8) is 0 Å². The quantitative estimate of drug-likeness (QED) is 0.744. The lowest BCUT2D eigenvalue weighted by Gasteiger charge is -2.10. The van der Waals surface area contributed by atoms with Crippen molar-refractivity contribution in [3.8, 4) is 0 Å². The van der Waals surface area contributed by atoms with Gasteiger partial charge in [0, 0.05) is 27.4 Å². The van der Waals surface area contributed by atoms with Crippen LogP contribution in [0.5, 0.6) is 0 Å². The van der Waals surface area contributed by atoms with Crippen molar-refractivity contribution in [1.82, 2.24) is 19.7 Å². The number of hydrogen-bond donors (Lipinski definition) is 1. The lowest BCUT2D eigenvalue weighted by molar-refractivity contribution is 0.785. The second-order valence-electron chi connectivity index (χ2n) is 5.12. The molecule has 0 radical (unpaired) electrons. The zero-order valence-electron chi connectivity index (χ0n) is 12.7. The third kappa shape index (κ3) is 2.48. The lowest BCUT2D eigenvalue weighted by atomic mass is 10.2. The number of fused-ring (bicyclic) bond motifs is 1. The minimum atomic E-state index is 0.377. The van der Waals surface area contributed by atoms with Crippen molar-refractivity contribution in [3.05, 3.63) is 35.9 Å². The van der Waals surface area contributed by atoms with Gasteiger partial charge in [0.25, 0.3) is 0 Å². The van der Waals surface area contributed by atoms with Crippen LogP contribution in [0.4, 0.5) is 17.6 Å². The van der Waals surface area contributed by atoms with Gasteiger partial charge in [-0.3, -0.25) is 0 Å². The van der Waals surface area contributed by atoms with Crippen LogP contribution in [0, 0.1) is 0 Å². The molecule has 3 rings (SSSR count). The Bertz CT molecular complexity index is 834. The fourth-order valence-corrected chi connectivity index (χ4v) is 2.11. The molecule has 0 bridgehead atoms. The number of benzene rings is 1. The second-order valence-corrected chi connectivity index (χ2v) is 5.12. The molecule has 0 atom stereocenters. The Labute approximate surface area is 128 Å². The summed E-state index contributed by atoms with van der Waals surface area (Å²) in [6, 6.07) is 9.82. The Morgan fingerprint density at radius 2 is 1.91 bits per heavy atom. The first-order chi connectivity index (χ1) is 10.6. The van der Waals surface area contributed by atoms with Crippen molar-refractivity contribution >= 4 is 34.8 Å². The SMILES string of the molecule is CN(C)c1nc(N)c2c(N=Cc3ccccc3)nn(C)c2n1. The molecule has 0 spiro atoms. The molecule has 22 heavy (non-hydrogen) atoms. The van der Waals surface area contributed by atoms with Gasteiger partial charge in [-0.2, -0.15) is 15.1 Å². The maximum atomic E-state index is 6.07. The van der Waals surface area contributed by atoms with Gasteiger partial charge in [-0.1, -0.05) is 30.3 Å². The molecular weight excluding hydrogens is 278 g/mol. The second kappa shape index (κ2) is 5.44. The third-order valence-corrected chi connectivity index (χ3v) is 3.22. The molecule has 2 N–H and O–H groups in total. The molecule has 3 aromatic rings. The van der Waals surface area contributed by atoms with Gasteiger partial charge in [-0.25, -0.2) is 9.67 Å². The molecule has 7 nitrogen and oxygen atoms in total. The van der Waals surface area contributed by atoms with Crippen molar-refractivity contribution in [2.24, 2.45) is 12.0 Å². The van der Waals surface area contributed by atoms with E-state index in [1.54, 1.807) is 15.8 Å². The van der Waals surface area contributed by atoms with E-state index in [2.05, 4.69) is 20.1 Å². The van der Waals surface area contributed by atoms with Crippen LogP contribution in [-0.2, 0) is 7.05 Å². The molecule has 0 aliphatic rings. The molecule has 0 fully saturated rings. The van der Waals surface area contributed by atoms with Crippen LogP contribution in [0.25, 0.3) is 11.0 Å². The van der Waals surface area contributed by atoms with Crippen molar-refractivity contribution in [2.45, 2.75) is 0 Å². The van der Waals surface area contributed by atoms with Gasteiger partial charge in [0.1, 0.15) is 11.2 Å². The maximum absolute atomic E-state index is 6.07. The number of aliphatic imine (C=N–C) groups is 1. The van der Waals surface area contributed by atoms with E-state index >= 15 is 0 Å². The Kier molecular flexibility index (Phi) is 3.46. The predicted molar refractivity (Wildman–Crippen MR) is 88.7 cm³/mol. The van der Waals surface area contributed by atoms with Crippen molar-refractivity contribution in [1.29, 1.82) is 0 Å². The minimum absolute atomic E-state index is 0.377. The summed E-state index contributed by atoms with van der Waals surface area (Å²) in [5.41, 5.74) is 7.73. The van der Waals surface area contributed by atoms with Gasteiger partial charge in [-0.05, 0) is 5.56 Å². The Morgan fingerprint density at radius 1 is 1.18 bits per heavy atom. The normalized spacial score (nSPS) is 11.4. The summed E-state index contributed by atoms with van der Waals surface area (Å²) in [7, 11) is 5.55. The molecule has 7 heteroatoms. The van der Waals surface area contributed by atoms with Crippen LogP contribution < -0.4 is 10.6 Å². The zero-order valence-corrected chi connectivity index (χ0v) is 12.7. The Morgan fingerprint density at radius 3 is 2.59 bits per heavy atom. The van der Waals surface area contributed by atoms with Gasteiger partial charge < -0.3 is 10.6 Å². The van der Waals surface area contributed by atoms with Crippen LogP contribution in [0.3, 0.4) is 0 Å². The Balaban J connectivity index is 2.10. The van der Waals surface area contributed by atoms with Crippen LogP contribution in [0.2, 0.25) is 0 Å². The number of aromatic nitrogens is 4. The van der Waals surface area contributed by atoms with E-state index in [9.17, 15) is 0 Å². The van der Waals surface area contributed by atoms with Gasteiger partial charge >= 0.3 is 0 Å². The lowest BCUT2D eigenvalue weighted by Crippen LogP contribution is -2.14. The first-order valence-electron chi connectivity index (χ1n) is 6.83. The molecular formula is C15H17N7. The van der Waals surface area contributed by atoms with Crippen LogP contribution in [-0.4, -0.2) is 40.1 Å². The first-order valence-corrected chi connectivity index (χ1v) is 6.83. The maximum Gasteiger partial charge on any atom is 0.228 e. The minimum Gasteiger partial charge on any atom is -0.383 e. The number of nitrogens with zero attached hydrogens (tertiary/aromatic N) is 6. The topological polar surface area (TPSA) is 85.2 Å². The van der Waals surface area contributed by atoms with Crippen LogP contribution in [0.1, 0.15) is 5.56 Å². The van der Waals surface area contributed by atoms with Gasteiger partial charge in [-0.15, -0.1) is 0 Å². The highest BCUT2D eigenvalue weighted by Gasteiger charge is 2.15. The van der Waals surface area contributed by atoms with Gasteiger partial charge in [0.2, 0.25) is 5.95 Å². The fourth-order valence-electron chi connectivity index (χ4n) is 2.11. The highest BCUT2D eigenvalue weighted by molar-refractivity contribution is 5.97.